The lowest BCUT2D eigenvalue weighted by Gasteiger charge is -2.32. The van der Waals surface area contributed by atoms with Crippen molar-refractivity contribution in [3.8, 4) is 11.4 Å². The zero-order valence-corrected chi connectivity index (χ0v) is 15.2. The van der Waals surface area contributed by atoms with E-state index in [1.54, 1.807) is 0 Å². The summed E-state index contributed by atoms with van der Waals surface area (Å²) in [5, 5.41) is 12.7. The molecule has 0 N–H and O–H groups in total. The minimum absolute atomic E-state index is 0.0405. The number of rotatable bonds is 3. The molecule has 7 nitrogen and oxygen atoms in total. The fraction of sp³-hybridized carbons (Fsp3) is 0.579. The molecule has 1 saturated carbocycles. The van der Waals surface area contributed by atoms with Crippen LogP contribution in [0, 0.1) is 5.41 Å². The SMILES string of the molecule is CC(C(=O)N1CCOCC2(CCCC2)C1)n1nnc(-c2ccccc2)n1. The first-order valence-corrected chi connectivity index (χ1v) is 9.38. The zero-order valence-electron chi connectivity index (χ0n) is 15.2. The second-order valence-electron chi connectivity index (χ2n) is 7.49. The molecular formula is C19H25N5O2. The highest BCUT2D eigenvalue weighted by atomic mass is 16.5. The molecule has 26 heavy (non-hydrogen) atoms. The molecule has 1 spiro atoms. The number of aromatic nitrogens is 4. The molecule has 0 bridgehead atoms. The van der Waals surface area contributed by atoms with Gasteiger partial charge in [-0.25, -0.2) is 0 Å². The second-order valence-corrected chi connectivity index (χ2v) is 7.49. The standard InChI is InChI=1S/C19H25N5O2/c1-15(24-21-17(20-22-24)16-7-3-2-4-8-16)18(25)23-11-12-26-14-19(13-23)9-5-6-10-19/h2-4,7-8,15H,5-6,9-14H2,1H3. The Balaban J connectivity index is 1.49. The van der Waals surface area contributed by atoms with Crippen molar-refractivity contribution in [2.24, 2.45) is 5.41 Å². The monoisotopic (exact) mass is 355 g/mol. The first-order chi connectivity index (χ1) is 12.7. The molecule has 4 rings (SSSR count). The molecule has 1 aromatic carbocycles. The van der Waals surface area contributed by atoms with Crippen molar-refractivity contribution in [1.82, 2.24) is 25.1 Å². The first kappa shape index (κ1) is 17.1. The van der Waals surface area contributed by atoms with E-state index in [1.165, 1.54) is 17.6 Å². The summed E-state index contributed by atoms with van der Waals surface area (Å²) in [5.74, 6) is 0.579. The smallest absolute Gasteiger partial charge is 0.249 e. The van der Waals surface area contributed by atoms with Crippen LogP contribution < -0.4 is 0 Å². The van der Waals surface area contributed by atoms with Crippen LogP contribution >= 0.6 is 0 Å². The fourth-order valence-corrected chi connectivity index (χ4v) is 4.06. The number of tetrazole rings is 1. The molecule has 1 aromatic heterocycles. The van der Waals surface area contributed by atoms with Crippen molar-refractivity contribution in [3.05, 3.63) is 30.3 Å². The minimum atomic E-state index is -0.475. The zero-order chi connectivity index (χ0) is 18.0. The first-order valence-electron chi connectivity index (χ1n) is 9.38. The van der Waals surface area contributed by atoms with Gasteiger partial charge in [0.1, 0.15) is 6.04 Å². The van der Waals surface area contributed by atoms with Crippen molar-refractivity contribution in [2.75, 3.05) is 26.3 Å². The van der Waals surface area contributed by atoms with Crippen molar-refractivity contribution in [1.29, 1.82) is 0 Å². The van der Waals surface area contributed by atoms with Crippen LogP contribution in [0.2, 0.25) is 0 Å². The van der Waals surface area contributed by atoms with Gasteiger partial charge in [0.05, 0.1) is 13.2 Å². The van der Waals surface area contributed by atoms with Gasteiger partial charge in [-0.15, -0.1) is 10.2 Å². The van der Waals surface area contributed by atoms with Crippen LogP contribution in [0.5, 0.6) is 0 Å². The molecule has 1 aliphatic heterocycles. The Hall–Kier alpha value is -2.28. The number of hydrogen-bond acceptors (Lipinski definition) is 5. The van der Waals surface area contributed by atoms with Gasteiger partial charge in [-0.3, -0.25) is 4.79 Å². The molecule has 138 valence electrons. The molecule has 1 atom stereocenters. The summed E-state index contributed by atoms with van der Waals surface area (Å²) in [7, 11) is 0. The lowest BCUT2D eigenvalue weighted by Crippen LogP contribution is -2.43. The van der Waals surface area contributed by atoms with Crippen LogP contribution in [-0.2, 0) is 9.53 Å². The van der Waals surface area contributed by atoms with Gasteiger partial charge < -0.3 is 9.64 Å². The van der Waals surface area contributed by atoms with Crippen LogP contribution in [0.3, 0.4) is 0 Å². The van der Waals surface area contributed by atoms with E-state index in [2.05, 4.69) is 15.4 Å². The maximum absolute atomic E-state index is 13.1. The molecule has 2 aromatic rings. The van der Waals surface area contributed by atoms with Crippen molar-refractivity contribution < 1.29 is 9.53 Å². The summed E-state index contributed by atoms with van der Waals surface area (Å²) in [5.41, 5.74) is 1.03. The average molecular weight is 355 g/mol. The van der Waals surface area contributed by atoms with Gasteiger partial charge in [-0.05, 0) is 25.0 Å². The Morgan fingerprint density at radius 1 is 1.23 bits per heavy atom. The topological polar surface area (TPSA) is 73.1 Å². The maximum Gasteiger partial charge on any atom is 0.249 e. The molecule has 1 aliphatic carbocycles. The van der Waals surface area contributed by atoms with Gasteiger partial charge >= 0.3 is 0 Å². The van der Waals surface area contributed by atoms with Crippen molar-refractivity contribution >= 4 is 5.91 Å². The quantitative estimate of drug-likeness (QED) is 0.845. The molecule has 2 aliphatic rings. The van der Waals surface area contributed by atoms with E-state index in [4.69, 9.17) is 4.74 Å². The summed E-state index contributed by atoms with van der Waals surface area (Å²) in [6.45, 7) is 4.61. The van der Waals surface area contributed by atoms with E-state index >= 15 is 0 Å². The Kier molecular flexibility index (Phi) is 4.72. The Labute approximate surface area is 153 Å². The van der Waals surface area contributed by atoms with E-state index in [0.717, 1.165) is 31.6 Å². The average Bonchev–Trinajstić information content (AvgIpc) is 3.29. The molecule has 0 radical (unpaired) electrons. The van der Waals surface area contributed by atoms with Gasteiger partial charge in [0.2, 0.25) is 11.7 Å². The third kappa shape index (κ3) is 3.35. The van der Waals surface area contributed by atoms with Crippen LogP contribution in [0.1, 0.15) is 38.6 Å². The predicted octanol–water partition coefficient (Wildman–Crippen LogP) is 2.32. The van der Waals surface area contributed by atoms with E-state index < -0.39 is 6.04 Å². The van der Waals surface area contributed by atoms with Gasteiger partial charge in [0, 0.05) is 24.1 Å². The van der Waals surface area contributed by atoms with Crippen LogP contribution in [0.4, 0.5) is 0 Å². The van der Waals surface area contributed by atoms with Crippen LogP contribution in [0.25, 0.3) is 11.4 Å². The normalized spacial score (nSPS) is 20.9. The summed E-state index contributed by atoms with van der Waals surface area (Å²) >= 11 is 0. The molecule has 7 heteroatoms. The van der Waals surface area contributed by atoms with E-state index in [1.807, 2.05) is 42.2 Å². The van der Waals surface area contributed by atoms with Gasteiger partial charge in [-0.1, -0.05) is 43.2 Å². The van der Waals surface area contributed by atoms with Crippen LogP contribution in [-0.4, -0.2) is 57.3 Å². The van der Waals surface area contributed by atoms with E-state index in [0.29, 0.717) is 19.0 Å². The van der Waals surface area contributed by atoms with E-state index in [9.17, 15) is 4.79 Å². The summed E-state index contributed by atoms with van der Waals surface area (Å²) < 4.78 is 5.82. The highest BCUT2D eigenvalue weighted by Crippen LogP contribution is 2.40. The maximum atomic E-state index is 13.1. The van der Waals surface area contributed by atoms with E-state index in [-0.39, 0.29) is 11.3 Å². The molecule has 2 heterocycles. The minimum Gasteiger partial charge on any atom is -0.379 e. The highest BCUT2D eigenvalue weighted by molar-refractivity contribution is 5.80. The second kappa shape index (κ2) is 7.15. The highest BCUT2D eigenvalue weighted by Gasteiger charge is 2.39. The fourth-order valence-electron chi connectivity index (χ4n) is 4.06. The number of amides is 1. The van der Waals surface area contributed by atoms with Crippen molar-refractivity contribution in [3.63, 3.8) is 0 Å². The van der Waals surface area contributed by atoms with Crippen LogP contribution in [0.15, 0.2) is 30.3 Å². The Bertz CT molecular complexity index is 754. The molecule has 1 unspecified atom stereocenters. The molecule has 2 fully saturated rings. The predicted molar refractivity (Wildman–Crippen MR) is 96.3 cm³/mol. The lowest BCUT2D eigenvalue weighted by atomic mass is 9.86. The molecule has 1 amide bonds. The number of benzene rings is 1. The summed E-state index contributed by atoms with van der Waals surface area (Å²) in [6.07, 6.45) is 4.74. The Morgan fingerprint density at radius 3 is 2.77 bits per heavy atom. The number of carbonyl (C=O) groups excluding carboxylic acids is 1. The number of carbonyl (C=O) groups is 1. The lowest BCUT2D eigenvalue weighted by molar-refractivity contribution is -0.136. The molecule has 1 saturated heterocycles. The van der Waals surface area contributed by atoms with Gasteiger partial charge in [0.15, 0.2) is 0 Å². The number of ether oxygens (including phenoxy) is 1. The number of hydrogen-bond donors (Lipinski definition) is 0. The molecular weight excluding hydrogens is 330 g/mol. The number of nitrogens with zero attached hydrogens (tertiary/aromatic N) is 5. The van der Waals surface area contributed by atoms with Gasteiger partial charge in [0.25, 0.3) is 0 Å². The summed E-state index contributed by atoms with van der Waals surface area (Å²) in [6, 6.07) is 9.20. The summed E-state index contributed by atoms with van der Waals surface area (Å²) in [4.78, 5) is 16.4. The third-order valence-electron chi connectivity index (χ3n) is 5.58. The van der Waals surface area contributed by atoms with Crippen molar-refractivity contribution in [2.45, 2.75) is 38.6 Å². The van der Waals surface area contributed by atoms with Gasteiger partial charge in [-0.2, -0.15) is 4.80 Å². The Morgan fingerprint density at radius 2 is 2.00 bits per heavy atom. The third-order valence-corrected chi connectivity index (χ3v) is 5.58. The largest absolute Gasteiger partial charge is 0.379 e.